The van der Waals surface area contributed by atoms with Crippen molar-refractivity contribution in [1.82, 2.24) is 5.10 Å². The molecule has 1 N–H and O–H groups in total. The minimum atomic E-state index is -0.399. The van der Waals surface area contributed by atoms with Crippen LogP contribution in [0.1, 0.15) is 0 Å². The lowest BCUT2D eigenvalue weighted by Crippen LogP contribution is -2.34. The van der Waals surface area contributed by atoms with Crippen molar-refractivity contribution in [1.29, 1.82) is 0 Å². The minimum Gasteiger partial charge on any atom is -0.327 e. The molecule has 6 nitrogen and oxygen atoms in total. The summed E-state index contributed by atoms with van der Waals surface area (Å²) < 4.78 is 1.84. The molecule has 0 saturated carbocycles. The Balaban J connectivity index is 1.77. The number of rotatable bonds is 5. The number of aromatic nitrogens is 2. The molecule has 0 spiro atoms. The zero-order valence-corrected chi connectivity index (χ0v) is 15.0. The summed E-state index contributed by atoms with van der Waals surface area (Å²) in [4.78, 5) is 10.5. The van der Waals surface area contributed by atoms with Gasteiger partial charge in [-0.1, -0.05) is 36.4 Å². The van der Waals surface area contributed by atoms with Crippen LogP contribution in [-0.4, -0.2) is 10.0 Å². The standard InChI is InChI=1S/C20H15N4O2S/c25-24(26)18-13-11-15(12-14-18)19-23(17-9-5-2-6-10-17)22-20(27-19)21-16-7-3-1-4-8-16/h1-14H,(H,21,22)/q+1/i21+1,22+1,23+1. The third kappa shape index (κ3) is 3.68. The van der Waals surface area contributed by atoms with Crippen LogP contribution in [0.3, 0.4) is 0 Å². The molecule has 27 heavy (non-hydrogen) atoms. The Hall–Kier alpha value is -3.58. The Morgan fingerprint density at radius 3 is 2.15 bits per heavy atom. The summed E-state index contributed by atoms with van der Waals surface area (Å²) in [6, 6.07) is 26.1. The third-order valence-corrected chi connectivity index (χ3v) is 4.91. The van der Waals surface area contributed by atoms with Crippen molar-refractivity contribution in [2.45, 2.75) is 0 Å². The van der Waals surface area contributed by atoms with Crippen LogP contribution in [0.15, 0.2) is 84.9 Å². The molecule has 0 saturated heterocycles. The first-order valence-corrected chi connectivity index (χ1v) is 9.08. The van der Waals surface area contributed by atoms with Crippen molar-refractivity contribution in [3.05, 3.63) is 95.0 Å². The van der Waals surface area contributed by atoms with E-state index in [1.165, 1.54) is 23.5 Å². The first-order chi connectivity index (χ1) is 13.2. The Bertz CT molecular complexity index is 1060. The molecule has 1 aromatic heterocycles. The quantitative estimate of drug-likeness (QED) is 0.236. The molecule has 132 valence electrons. The molecule has 0 atom stereocenters. The largest absolute Gasteiger partial charge is 0.327 e. The van der Waals surface area contributed by atoms with Gasteiger partial charge in [-0.3, -0.25) is 10.1 Å². The van der Waals surface area contributed by atoms with Crippen molar-refractivity contribution in [2.75, 3.05) is 5.32 Å². The lowest BCUT2D eigenvalue weighted by molar-refractivity contribution is -0.642. The lowest BCUT2D eigenvalue weighted by Gasteiger charge is -1.97. The topological polar surface area (TPSA) is 71.9 Å². The van der Waals surface area contributed by atoms with E-state index in [1.54, 1.807) is 12.1 Å². The smallest absolute Gasteiger partial charge is 0.304 e. The summed E-state index contributed by atoms with van der Waals surface area (Å²) in [6.07, 6.45) is 0. The van der Waals surface area contributed by atoms with Gasteiger partial charge in [0.15, 0.2) is 0 Å². The molecular formula is C20H15N4O2S+. The lowest BCUT2D eigenvalue weighted by atomic mass is 10.2. The van der Waals surface area contributed by atoms with Crippen molar-refractivity contribution in [3.63, 3.8) is 0 Å². The highest BCUT2D eigenvalue weighted by Crippen LogP contribution is 2.29. The van der Waals surface area contributed by atoms with Gasteiger partial charge < -0.3 is 5.32 Å². The van der Waals surface area contributed by atoms with Crippen LogP contribution in [0, 0.1) is 10.1 Å². The molecule has 0 radical (unpaired) electrons. The van der Waals surface area contributed by atoms with Gasteiger partial charge in [-0.2, -0.15) is 0 Å². The average Bonchev–Trinajstić information content (AvgIpc) is 3.13. The summed E-state index contributed by atoms with van der Waals surface area (Å²) in [5, 5.41) is 20.6. The number of para-hydroxylation sites is 2. The van der Waals surface area contributed by atoms with Gasteiger partial charge >= 0.3 is 5.01 Å². The SMILES string of the molecule is O=[N+]([O-])c1ccc(-c2sc([15NH]c3ccccc3)[15n][15n+]2-c2ccccc2)cc1. The van der Waals surface area contributed by atoms with E-state index in [1.807, 2.05) is 65.3 Å². The molecule has 4 aromatic rings. The fourth-order valence-electron chi connectivity index (χ4n) is 2.64. The highest BCUT2D eigenvalue weighted by molar-refractivity contribution is 7.18. The van der Waals surface area contributed by atoms with E-state index >= 15 is 0 Å². The van der Waals surface area contributed by atoms with Gasteiger partial charge in [0.2, 0.25) is 5.69 Å². The Kier molecular flexibility index (Phi) is 4.59. The molecule has 7 heteroatoms. The number of nitro groups is 1. The van der Waals surface area contributed by atoms with E-state index in [0.29, 0.717) is 0 Å². The number of non-ortho nitro benzene ring substituents is 1. The highest BCUT2D eigenvalue weighted by Gasteiger charge is 2.24. The number of nitrogens with zero attached hydrogens (tertiary/aromatic N) is 3. The van der Waals surface area contributed by atoms with Crippen LogP contribution in [0.25, 0.3) is 16.3 Å². The fourth-order valence-corrected chi connectivity index (χ4v) is 3.60. The van der Waals surface area contributed by atoms with Crippen molar-refractivity contribution >= 4 is 27.8 Å². The molecule has 0 unspecified atom stereocenters. The molecule has 0 amide bonds. The summed E-state index contributed by atoms with van der Waals surface area (Å²) in [6.45, 7) is 0. The van der Waals surface area contributed by atoms with Gasteiger partial charge in [0.25, 0.3) is 10.8 Å². The molecule has 1 heterocycles. The molecule has 0 bridgehead atoms. The predicted octanol–water partition coefficient (Wildman–Crippen LogP) is 4.74. The maximum absolute atomic E-state index is 10.9. The monoisotopic (exact) mass is 378 g/mol. The maximum Gasteiger partial charge on any atom is 0.304 e. The number of hydrogen-bond acceptors (Lipinski definition) is 5. The molecule has 0 aliphatic heterocycles. The molecule has 0 fully saturated rings. The van der Waals surface area contributed by atoms with Crippen molar-refractivity contribution in [3.8, 4) is 16.3 Å². The van der Waals surface area contributed by atoms with Gasteiger partial charge in [0, 0.05) is 35.1 Å². The zero-order valence-electron chi connectivity index (χ0n) is 14.1. The van der Waals surface area contributed by atoms with Crippen LogP contribution in [0.5, 0.6) is 0 Å². The predicted molar refractivity (Wildman–Crippen MR) is 105 cm³/mol. The third-order valence-electron chi connectivity index (χ3n) is 3.93. The van der Waals surface area contributed by atoms with Gasteiger partial charge in [-0.25, -0.2) is 0 Å². The number of benzene rings is 3. The van der Waals surface area contributed by atoms with E-state index in [9.17, 15) is 10.1 Å². The van der Waals surface area contributed by atoms with Gasteiger partial charge in [0.1, 0.15) is 0 Å². The molecule has 4 rings (SSSR count). The Morgan fingerprint density at radius 1 is 0.889 bits per heavy atom. The van der Waals surface area contributed by atoms with Crippen LogP contribution in [0.4, 0.5) is 16.5 Å². The summed E-state index contributed by atoms with van der Waals surface area (Å²) in [5.74, 6) is 0. The first kappa shape index (κ1) is 16.9. The van der Waals surface area contributed by atoms with Crippen LogP contribution in [0.2, 0.25) is 0 Å². The highest BCUT2D eigenvalue weighted by atomic mass is 32.1. The molecule has 0 aliphatic carbocycles. The van der Waals surface area contributed by atoms with E-state index < -0.39 is 4.92 Å². The Morgan fingerprint density at radius 2 is 1.52 bits per heavy atom. The summed E-state index contributed by atoms with van der Waals surface area (Å²) in [7, 11) is 0. The van der Waals surface area contributed by atoms with Crippen molar-refractivity contribution in [2.24, 2.45) is 0 Å². The van der Waals surface area contributed by atoms with Crippen LogP contribution in [-0.2, 0) is 0 Å². The number of hydrogen-bond donors (Lipinski definition) is 1. The minimum absolute atomic E-state index is 0.0668. The summed E-state index contributed by atoms with van der Waals surface area (Å²) >= 11 is 1.49. The Labute approximate surface area is 159 Å². The zero-order chi connectivity index (χ0) is 18.6. The fraction of sp³-hybridized carbons (Fsp3) is 0. The second-order valence-electron chi connectivity index (χ2n) is 5.75. The molecule has 0 aliphatic rings. The number of anilines is 2. The normalized spacial score (nSPS) is 10.5. The van der Waals surface area contributed by atoms with E-state index in [4.69, 9.17) is 5.10 Å². The van der Waals surface area contributed by atoms with Gasteiger partial charge in [0.05, 0.1) is 10.5 Å². The van der Waals surface area contributed by atoms with E-state index in [2.05, 4.69) is 5.32 Å². The second kappa shape index (κ2) is 7.35. The molecular weight excluding hydrogens is 363 g/mol. The van der Waals surface area contributed by atoms with E-state index in [-0.39, 0.29) is 5.69 Å². The van der Waals surface area contributed by atoms with Crippen molar-refractivity contribution < 1.29 is 9.61 Å². The number of nitrogens with one attached hydrogen (secondary N) is 1. The maximum atomic E-state index is 10.9. The molecule has 3 aromatic carbocycles. The number of nitro benzene ring substituents is 1. The van der Waals surface area contributed by atoms with Gasteiger partial charge in [-0.15, -0.1) is 0 Å². The van der Waals surface area contributed by atoms with Crippen LogP contribution < -0.4 is 10.00 Å². The van der Waals surface area contributed by atoms with E-state index in [0.717, 1.165) is 27.1 Å². The van der Waals surface area contributed by atoms with Crippen LogP contribution >= 0.6 is 11.3 Å². The average molecular weight is 378 g/mol. The first-order valence-electron chi connectivity index (χ1n) is 8.26. The second-order valence-corrected chi connectivity index (χ2v) is 6.73. The van der Waals surface area contributed by atoms with Gasteiger partial charge in [-0.05, 0) is 40.3 Å². The summed E-state index contributed by atoms with van der Waals surface area (Å²) in [5.41, 5.74) is 2.80.